The van der Waals surface area contributed by atoms with E-state index in [1.807, 2.05) is 37.3 Å². The Bertz CT molecular complexity index is 1100. The minimum Gasteiger partial charge on any atom is -0.355 e. The van der Waals surface area contributed by atoms with Crippen molar-refractivity contribution in [2.45, 2.75) is 6.92 Å². The van der Waals surface area contributed by atoms with Crippen LogP contribution in [0.15, 0.2) is 66.9 Å². The van der Waals surface area contributed by atoms with Crippen molar-refractivity contribution in [3.05, 3.63) is 78.0 Å². The number of aromatic nitrogens is 1. The topological polar surface area (TPSA) is 124 Å². The average Bonchev–Trinajstić information content (AvgIpc) is 2.80. The van der Waals surface area contributed by atoms with Crippen molar-refractivity contribution in [1.29, 1.82) is 0 Å². The molecule has 0 bridgehead atoms. The second-order valence-corrected chi connectivity index (χ2v) is 6.70. The molecular formula is C23H24N6O3. The maximum atomic E-state index is 13.0. The molecule has 32 heavy (non-hydrogen) atoms. The van der Waals surface area contributed by atoms with Crippen LogP contribution in [0, 0.1) is 0 Å². The van der Waals surface area contributed by atoms with Gasteiger partial charge in [-0.25, -0.2) is 9.78 Å². The van der Waals surface area contributed by atoms with Gasteiger partial charge in [-0.15, -0.1) is 0 Å². The average molecular weight is 432 g/mol. The minimum absolute atomic E-state index is 0.211. The van der Waals surface area contributed by atoms with Crippen LogP contribution in [-0.2, 0) is 0 Å². The van der Waals surface area contributed by atoms with Crippen LogP contribution in [0.2, 0.25) is 0 Å². The molecule has 164 valence electrons. The lowest BCUT2D eigenvalue weighted by atomic mass is 10.1. The van der Waals surface area contributed by atoms with Crippen LogP contribution in [0.5, 0.6) is 0 Å². The van der Waals surface area contributed by atoms with E-state index in [4.69, 9.17) is 0 Å². The predicted molar refractivity (Wildman–Crippen MR) is 124 cm³/mol. The number of rotatable bonds is 7. The molecule has 0 atom stereocenters. The van der Waals surface area contributed by atoms with Crippen molar-refractivity contribution in [3.8, 4) is 0 Å². The number of amides is 4. The second kappa shape index (κ2) is 10.6. The molecule has 5 N–H and O–H groups in total. The van der Waals surface area contributed by atoms with E-state index < -0.39 is 5.91 Å². The maximum absolute atomic E-state index is 13.0. The number of benzene rings is 2. The van der Waals surface area contributed by atoms with Gasteiger partial charge in [0.1, 0.15) is 5.82 Å². The monoisotopic (exact) mass is 432 g/mol. The summed E-state index contributed by atoms with van der Waals surface area (Å²) in [5.41, 5.74) is 2.53. The van der Waals surface area contributed by atoms with Gasteiger partial charge < -0.3 is 21.3 Å². The number of urea groups is 1. The third-order valence-electron chi connectivity index (χ3n) is 4.41. The molecule has 9 heteroatoms. The third kappa shape index (κ3) is 5.82. The first-order chi connectivity index (χ1) is 15.5. The molecular weight excluding hydrogens is 408 g/mol. The minimum atomic E-state index is -0.395. The van der Waals surface area contributed by atoms with Gasteiger partial charge in [0.2, 0.25) is 0 Å². The van der Waals surface area contributed by atoms with E-state index in [9.17, 15) is 14.4 Å². The van der Waals surface area contributed by atoms with Gasteiger partial charge in [-0.2, -0.15) is 0 Å². The summed E-state index contributed by atoms with van der Waals surface area (Å²) >= 11 is 0. The smallest absolute Gasteiger partial charge is 0.320 e. The van der Waals surface area contributed by atoms with E-state index in [2.05, 4.69) is 31.6 Å². The van der Waals surface area contributed by atoms with Crippen LogP contribution in [0.25, 0.3) is 0 Å². The Morgan fingerprint density at radius 2 is 1.59 bits per heavy atom. The van der Waals surface area contributed by atoms with Crippen LogP contribution in [-0.4, -0.2) is 36.4 Å². The highest BCUT2D eigenvalue weighted by Crippen LogP contribution is 2.24. The Morgan fingerprint density at radius 3 is 2.25 bits per heavy atom. The predicted octanol–water partition coefficient (Wildman–Crippen LogP) is 3.58. The molecule has 0 aliphatic carbocycles. The zero-order chi connectivity index (χ0) is 22.9. The van der Waals surface area contributed by atoms with E-state index >= 15 is 0 Å². The summed E-state index contributed by atoms with van der Waals surface area (Å²) in [6, 6.07) is 17.1. The number of hydrogen-bond acceptors (Lipinski definition) is 5. The largest absolute Gasteiger partial charge is 0.355 e. The highest BCUT2D eigenvalue weighted by Gasteiger charge is 2.15. The fourth-order valence-electron chi connectivity index (χ4n) is 2.85. The fourth-order valence-corrected chi connectivity index (χ4v) is 2.85. The van der Waals surface area contributed by atoms with E-state index in [1.54, 1.807) is 37.4 Å². The summed E-state index contributed by atoms with van der Waals surface area (Å²) in [6.07, 6.45) is 1.39. The highest BCUT2D eigenvalue weighted by molar-refractivity contribution is 6.09. The molecule has 4 amide bonds. The van der Waals surface area contributed by atoms with E-state index in [-0.39, 0.29) is 17.5 Å². The molecule has 3 aromatic rings. The molecule has 3 rings (SSSR count). The van der Waals surface area contributed by atoms with Gasteiger partial charge in [0.15, 0.2) is 0 Å². The molecule has 0 radical (unpaired) electrons. The van der Waals surface area contributed by atoms with Crippen molar-refractivity contribution in [2.75, 3.05) is 29.5 Å². The number of nitrogens with one attached hydrogen (secondary N) is 5. The van der Waals surface area contributed by atoms with Crippen molar-refractivity contribution in [2.24, 2.45) is 0 Å². The Hall–Kier alpha value is -4.40. The molecule has 2 aromatic carbocycles. The van der Waals surface area contributed by atoms with E-state index in [0.717, 1.165) is 5.69 Å². The first-order valence-electron chi connectivity index (χ1n) is 10.0. The SMILES string of the molecule is CCNC(=O)Nc1cc(Nc2ccccc2)c(C(=O)Nc2ccc(C(=O)NC)cc2)cn1. The fraction of sp³-hybridized carbons (Fsp3) is 0.130. The summed E-state index contributed by atoms with van der Waals surface area (Å²) in [5, 5.41) is 13.8. The molecule has 9 nitrogen and oxygen atoms in total. The molecule has 0 saturated heterocycles. The number of para-hydroxylation sites is 1. The van der Waals surface area contributed by atoms with Gasteiger partial charge in [-0.1, -0.05) is 18.2 Å². The van der Waals surface area contributed by atoms with Crippen LogP contribution >= 0.6 is 0 Å². The molecule has 0 saturated carbocycles. The molecule has 1 heterocycles. The lowest BCUT2D eigenvalue weighted by molar-refractivity contribution is 0.0962. The van der Waals surface area contributed by atoms with Crippen molar-refractivity contribution < 1.29 is 14.4 Å². The second-order valence-electron chi connectivity index (χ2n) is 6.70. The zero-order valence-corrected chi connectivity index (χ0v) is 17.7. The number of pyridine rings is 1. The molecule has 0 spiro atoms. The summed E-state index contributed by atoms with van der Waals surface area (Å²) in [5.74, 6) is -0.314. The Balaban J connectivity index is 1.85. The van der Waals surface area contributed by atoms with Crippen molar-refractivity contribution >= 4 is 40.7 Å². The highest BCUT2D eigenvalue weighted by atomic mass is 16.2. The van der Waals surface area contributed by atoms with Gasteiger partial charge in [0.05, 0.1) is 11.3 Å². The number of hydrogen-bond donors (Lipinski definition) is 5. The molecule has 0 fully saturated rings. The van der Waals surface area contributed by atoms with Gasteiger partial charge in [0.25, 0.3) is 11.8 Å². The first-order valence-corrected chi connectivity index (χ1v) is 10.0. The van der Waals surface area contributed by atoms with Crippen LogP contribution in [0.1, 0.15) is 27.6 Å². The molecule has 0 aliphatic heterocycles. The van der Waals surface area contributed by atoms with Crippen LogP contribution in [0.4, 0.5) is 27.7 Å². The molecule has 0 aliphatic rings. The first kappa shape index (κ1) is 22.3. The number of carbonyl (C=O) groups excluding carboxylic acids is 3. The van der Waals surface area contributed by atoms with Crippen LogP contribution < -0.4 is 26.6 Å². The summed E-state index contributed by atoms with van der Waals surface area (Å²) < 4.78 is 0. The number of carbonyl (C=O) groups is 3. The van der Waals surface area contributed by atoms with Crippen molar-refractivity contribution in [3.63, 3.8) is 0 Å². The quantitative estimate of drug-likeness (QED) is 0.390. The third-order valence-corrected chi connectivity index (χ3v) is 4.41. The maximum Gasteiger partial charge on any atom is 0.320 e. The normalized spacial score (nSPS) is 10.1. The lowest BCUT2D eigenvalue weighted by Gasteiger charge is -2.14. The zero-order valence-electron chi connectivity index (χ0n) is 17.7. The Morgan fingerprint density at radius 1 is 0.875 bits per heavy atom. The Kier molecular flexibility index (Phi) is 7.37. The molecule has 1 aromatic heterocycles. The van der Waals surface area contributed by atoms with Gasteiger partial charge in [-0.05, 0) is 43.3 Å². The van der Waals surface area contributed by atoms with E-state index in [0.29, 0.717) is 29.3 Å². The van der Waals surface area contributed by atoms with Gasteiger partial charge in [-0.3, -0.25) is 14.9 Å². The van der Waals surface area contributed by atoms with Crippen LogP contribution in [0.3, 0.4) is 0 Å². The number of anilines is 4. The summed E-state index contributed by atoms with van der Waals surface area (Å²) in [6.45, 7) is 2.28. The van der Waals surface area contributed by atoms with Gasteiger partial charge >= 0.3 is 6.03 Å². The number of nitrogens with zero attached hydrogens (tertiary/aromatic N) is 1. The van der Waals surface area contributed by atoms with Crippen molar-refractivity contribution in [1.82, 2.24) is 15.6 Å². The standard InChI is InChI=1S/C23H24N6O3/c1-3-25-23(32)29-20-13-19(27-16-7-5-4-6-8-16)18(14-26-20)22(31)28-17-11-9-15(10-12-17)21(30)24-2/h4-14H,3H2,1-2H3,(H,24,30)(H,28,31)(H3,25,26,27,29,32). The van der Waals surface area contributed by atoms with E-state index in [1.165, 1.54) is 6.20 Å². The summed E-state index contributed by atoms with van der Waals surface area (Å²) in [4.78, 5) is 40.7. The lowest BCUT2D eigenvalue weighted by Crippen LogP contribution is -2.28. The summed E-state index contributed by atoms with van der Waals surface area (Å²) in [7, 11) is 1.55. The Labute approximate surface area is 185 Å². The van der Waals surface area contributed by atoms with Gasteiger partial charge in [0, 0.05) is 42.8 Å². The molecule has 0 unspecified atom stereocenters.